The first-order valence-electron chi connectivity index (χ1n) is 28.8. The Kier molecular flexibility index (Phi) is 52.7. The second-order valence-corrected chi connectivity index (χ2v) is 20.6. The number of amides is 1. The largest absolute Gasteiger partial charge is 0.460 e. The van der Waals surface area contributed by atoms with Gasteiger partial charge in [-0.2, -0.15) is 0 Å². The van der Waals surface area contributed by atoms with Crippen LogP contribution in [0.2, 0.25) is 0 Å². The summed E-state index contributed by atoms with van der Waals surface area (Å²) in [6.07, 6.45) is 17.4. The first-order chi connectivity index (χ1) is 37.2. The van der Waals surface area contributed by atoms with Crippen LogP contribution < -0.4 is 5.32 Å². The van der Waals surface area contributed by atoms with Crippen LogP contribution in [-0.4, -0.2) is 193 Å². The number of hydrogen-bond acceptors (Lipinski definition) is 18. The van der Waals surface area contributed by atoms with Crippen LogP contribution in [0, 0.1) is 5.92 Å². The number of hydrogen-bond donors (Lipinski definition) is 1. The van der Waals surface area contributed by atoms with Gasteiger partial charge in [-0.1, -0.05) is 82.2 Å². The fraction of sp³-hybridized carbons (Fsp3) is 0.929. The molecule has 1 atom stereocenters. The lowest BCUT2D eigenvalue weighted by molar-refractivity contribution is -0.161. The van der Waals surface area contributed by atoms with Crippen molar-refractivity contribution in [2.45, 2.75) is 175 Å². The molecule has 0 aromatic rings. The van der Waals surface area contributed by atoms with Crippen LogP contribution in [0.25, 0.3) is 10.4 Å². The zero-order chi connectivity index (χ0) is 56.6. The molecule has 21 nitrogen and oxygen atoms in total. The van der Waals surface area contributed by atoms with Crippen molar-refractivity contribution in [1.29, 1.82) is 0 Å². The quantitative estimate of drug-likeness (QED) is 0.0196. The molecule has 0 radical (unpaired) electrons. The van der Waals surface area contributed by atoms with Gasteiger partial charge in [0.05, 0.1) is 151 Å². The van der Waals surface area contributed by atoms with Gasteiger partial charge in [0.25, 0.3) is 0 Å². The molecule has 0 heterocycles. The van der Waals surface area contributed by atoms with E-state index in [2.05, 4.69) is 15.3 Å². The van der Waals surface area contributed by atoms with Gasteiger partial charge in [-0.25, -0.2) is 0 Å². The summed E-state index contributed by atoms with van der Waals surface area (Å²) in [6.45, 7) is 21.5. The zero-order valence-corrected chi connectivity index (χ0v) is 48.8. The van der Waals surface area contributed by atoms with Gasteiger partial charge >= 0.3 is 11.9 Å². The molecule has 0 aliphatic carbocycles. The van der Waals surface area contributed by atoms with Crippen molar-refractivity contribution in [3.8, 4) is 0 Å². The molecule has 0 saturated carbocycles. The third-order valence-electron chi connectivity index (χ3n) is 11.1. The van der Waals surface area contributed by atoms with E-state index in [1.54, 1.807) is 20.8 Å². The standard InChI is InChI=1S/C56H106N4O17/c1-55(2,3)76-53(63)22-20-18-16-14-12-10-8-7-9-11-13-15-17-19-21-51(61)49-50(54(64)77-56(4,5)6)23-24-52(62)58-25-27-65-29-31-67-33-35-69-37-39-71-41-43-73-45-47-75-48-46-74-44-42-72-40-38-70-36-34-68-32-30-66-28-26-59-60-57/h50H,7-49H2,1-6H3,(H,58,62)/t50-/m1/s1. The van der Waals surface area contributed by atoms with Gasteiger partial charge in [0, 0.05) is 43.7 Å². The van der Waals surface area contributed by atoms with Crippen LogP contribution in [0.4, 0.5) is 0 Å². The predicted molar refractivity (Wildman–Crippen MR) is 294 cm³/mol. The molecule has 0 fully saturated rings. The van der Waals surface area contributed by atoms with E-state index in [1.165, 1.54) is 57.8 Å². The molecule has 0 aromatic heterocycles. The molecule has 0 bridgehead atoms. The summed E-state index contributed by atoms with van der Waals surface area (Å²) in [5.41, 5.74) is 7.09. The number of ether oxygens (including phenoxy) is 13. The summed E-state index contributed by atoms with van der Waals surface area (Å²) in [5.74, 6) is -1.35. The lowest BCUT2D eigenvalue weighted by Crippen LogP contribution is -2.32. The molecule has 1 N–H and O–H groups in total. The number of ketones is 1. The highest BCUT2D eigenvalue weighted by Crippen LogP contribution is 2.21. The van der Waals surface area contributed by atoms with Crippen molar-refractivity contribution in [3.05, 3.63) is 10.4 Å². The number of carbonyl (C=O) groups is 4. The molecular weight excluding hydrogens is 1000 g/mol. The Morgan fingerprint density at radius 3 is 1.06 bits per heavy atom. The molecule has 0 aromatic carbocycles. The second kappa shape index (κ2) is 54.9. The van der Waals surface area contributed by atoms with Gasteiger partial charge in [0.15, 0.2) is 0 Å². The van der Waals surface area contributed by atoms with Gasteiger partial charge in [0.2, 0.25) is 5.91 Å². The van der Waals surface area contributed by atoms with Crippen molar-refractivity contribution >= 4 is 23.6 Å². The Labute approximate surface area is 463 Å². The molecule has 21 heteroatoms. The number of nitrogens with one attached hydrogen (secondary N) is 1. The van der Waals surface area contributed by atoms with E-state index in [0.717, 1.165) is 32.1 Å². The third kappa shape index (κ3) is 60.4. The van der Waals surface area contributed by atoms with Crippen LogP contribution >= 0.6 is 0 Å². The number of azide groups is 1. The predicted octanol–water partition coefficient (Wildman–Crippen LogP) is 8.88. The summed E-state index contributed by atoms with van der Waals surface area (Å²) < 4.78 is 71.2. The minimum absolute atomic E-state index is 0.0378. The number of rotatable bonds is 59. The molecule has 0 unspecified atom stereocenters. The van der Waals surface area contributed by atoms with Crippen LogP contribution in [0.15, 0.2) is 5.11 Å². The normalized spacial score (nSPS) is 12.1. The molecule has 77 heavy (non-hydrogen) atoms. The van der Waals surface area contributed by atoms with Crippen molar-refractivity contribution in [1.82, 2.24) is 5.32 Å². The number of carbonyl (C=O) groups excluding carboxylic acids is 4. The molecule has 452 valence electrons. The first-order valence-corrected chi connectivity index (χ1v) is 28.8. The van der Waals surface area contributed by atoms with Crippen molar-refractivity contribution in [3.63, 3.8) is 0 Å². The summed E-state index contributed by atoms with van der Waals surface area (Å²) in [6, 6.07) is 0. The average Bonchev–Trinajstić information content (AvgIpc) is 3.37. The fourth-order valence-corrected chi connectivity index (χ4v) is 7.28. The maximum absolute atomic E-state index is 13.0. The summed E-state index contributed by atoms with van der Waals surface area (Å²) in [7, 11) is 0. The van der Waals surface area contributed by atoms with Crippen LogP contribution in [0.1, 0.15) is 164 Å². The molecule has 0 aliphatic rings. The van der Waals surface area contributed by atoms with E-state index in [4.69, 9.17) is 67.1 Å². The number of Topliss-reactive ketones (excluding diaryl/α,β-unsaturated/α-hetero) is 1. The van der Waals surface area contributed by atoms with E-state index < -0.39 is 23.1 Å². The molecule has 0 spiro atoms. The van der Waals surface area contributed by atoms with Gasteiger partial charge in [-0.15, -0.1) is 0 Å². The van der Waals surface area contributed by atoms with Crippen LogP contribution in [-0.2, 0) is 80.8 Å². The van der Waals surface area contributed by atoms with E-state index in [0.29, 0.717) is 171 Å². The Morgan fingerprint density at radius 1 is 0.416 bits per heavy atom. The number of esters is 2. The molecular formula is C56H106N4O17. The van der Waals surface area contributed by atoms with Gasteiger partial charge in [0.1, 0.15) is 17.0 Å². The van der Waals surface area contributed by atoms with E-state index in [-0.39, 0.29) is 36.9 Å². The Morgan fingerprint density at radius 2 is 0.727 bits per heavy atom. The highest BCUT2D eigenvalue weighted by atomic mass is 16.6. The van der Waals surface area contributed by atoms with Crippen LogP contribution in [0.3, 0.4) is 0 Å². The van der Waals surface area contributed by atoms with E-state index in [1.807, 2.05) is 20.8 Å². The lowest BCUT2D eigenvalue weighted by atomic mass is 9.94. The highest BCUT2D eigenvalue weighted by molar-refractivity contribution is 5.85. The monoisotopic (exact) mass is 1110 g/mol. The fourth-order valence-electron chi connectivity index (χ4n) is 7.28. The number of unbranched alkanes of at least 4 members (excludes halogenated alkanes) is 13. The molecule has 0 saturated heterocycles. The smallest absolute Gasteiger partial charge is 0.309 e. The maximum Gasteiger partial charge on any atom is 0.309 e. The zero-order valence-electron chi connectivity index (χ0n) is 48.8. The van der Waals surface area contributed by atoms with Gasteiger partial charge in [-0.3, -0.25) is 19.2 Å². The topological polar surface area (TPSA) is 249 Å². The minimum Gasteiger partial charge on any atom is -0.460 e. The SMILES string of the molecule is CC(C)(C)OC(=O)CCCCCCCCCCCCCCCCC(=O)C[C@@H](CCC(=O)NCCOCCOCCOCCOCCOCCOCCOCCOCCOCCOCCOCCN=[N+]=[N-])C(=O)OC(C)(C)C. The summed E-state index contributed by atoms with van der Waals surface area (Å²) >= 11 is 0. The summed E-state index contributed by atoms with van der Waals surface area (Å²) in [5, 5.41) is 6.21. The summed E-state index contributed by atoms with van der Waals surface area (Å²) in [4.78, 5) is 53.0. The second-order valence-electron chi connectivity index (χ2n) is 20.6. The third-order valence-corrected chi connectivity index (χ3v) is 11.1. The van der Waals surface area contributed by atoms with Crippen molar-refractivity contribution in [2.24, 2.45) is 11.0 Å². The first kappa shape index (κ1) is 74.0. The van der Waals surface area contributed by atoms with Gasteiger partial charge < -0.3 is 66.9 Å². The van der Waals surface area contributed by atoms with Crippen LogP contribution in [0.5, 0.6) is 0 Å². The highest BCUT2D eigenvalue weighted by Gasteiger charge is 2.28. The Hall–Kier alpha value is -3.05. The Balaban J connectivity index is 3.67. The van der Waals surface area contributed by atoms with E-state index in [9.17, 15) is 19.2 Å². The Bertz CT molecular complexity index is 1430. The lowest BCUT2D eigenvalue weighted by Gasteiger charge is -2.23. The van der Waals surface area contributed by atoms with E-state index >= 15 is 0 Å². The molecule has 0 aliphatic heterocycles. The average molecular weight is 1110 g/mol. The minimum atomic E-state index is -0.686. The maximum atomic E-state index is 13.0. The van der Waals surface area contributed by atoms with Crippen molar-refractivity contribution < 1.29 is 80.8 Å². The molecule has 0 rings (SSSR count). The van der Waals surface area contributed by atoms with Gasteiger partial charge in [-0.05, 0) is 66.3 Å². The number of nitrogens with zero attached hydrogens (tertiary/aromatic N) is 3. The van der Waals surface area contributed by atoms with Crippen molar-refractivity contribution in [2.75, 3.05) is 158 Å². The molecule has 1 amide bonds.